The Balaban J connectivity index is 2.10. The fraction of sp³-hybridized carbons (Fsp3) is 0.111. The van der Waals surface area contributed by atoms with Crippen LogP contribution in [-0.2, 0) is 0 Å². The van der Waals surface area contributed by atoms with Gasteiger partial charge < -0.3 is 5.32 Å². The summed E-state index contributed by atoms with van der Waals surface area (Å²) in [4.78, 5) is 17.1. The third-order valence-electron chi connectivity index (χ3n) is 3.67. The van der Waals surface area contributed by atoms with Gasteiger partial charge in [0.1, 0.15) is 5.15 Å². The van der Waals surface area contributed by atoms with Gasteiger partial charge in [-0.05, 0) is 49.7 Å². The van der Waals surface area contributed by atoms with Crippen LogP contribution >= 0.6 is 27.5 Å². The van der Waals surface area contributed by atoms with Crippen LogP contribution in [0.1, 0.15) is 21.5 Å². The fourth-order valence-corrected chi connectivity index (χ4v) is 2.97. The zero-order valence-electron chi connectivity index (χ0n) is 12.7. The van der Waals surface area contributed by atoms with Crippen LogP contribution in [0.5, 0.6) is 0 Å². The van der Waals surface area contributed by atoms with Gasteiger partial charge in [0.05, 0.1) is 11.1 Å². The Morgan fingerprint density at radius 3 is 2.52 bits per heavy atom. The first-order valence-electron chi connectivity index (χ1n) is 7.09. The van der Waals surface area contributed by atoms with Crippen LogP contribution in [0.15, 0.2) is 46.9 Å². The average Bonchev–Trinajstić information content (AvgIpc) is 2.51. The number of hydrogen-bond donors (Lipinski definition) is 1. The number of rotatable bonds is 2. The highest BCUT2D eigenvalue weighted by molar-refractivity contribution is 9.10. The normalized spacial score (nSPS) is 10.8. The van der Waals surface area contributed by atoms with E-state index >= 15 is 0 Å². The smallest absolute Gasteiger partial charge is 0.256 e. The molecule has 0 unspecified atom stereocenters. The summed E-state index contributed by atoms with van der Waals surface area (Å²) in [5.74, 6) is -0.196. The van der Waals surface area contributed by atoms with E-state index < -0.39 is 0 Å². The maximum absolute atomic E-state index is 12.8. The van der Waals surface area contributed by atoms with Gasteiger partial charge in [0.25, 0.3) is 5.91 Å². The van der Waals surface area contributed by atoms with Crippen molar-refractivity contribution >= 4 is 50.0 Å². The largest absolute Gasteiger partial charge is 0.322 e. The quantitative estimate of drug-likeness (QED) is 0.586. The minimum absolute atomic E-state index is 0.196. The van der Waals surface area contributed by atoms with Crippen molar-refractivity contribution in [2.75, 3.05) is 5.32 Å². The highest BCUT2D eigenvalue weighted by Crippen LogP contribution is 2.29. The number of fused-ring (bicyclic) bond motifs is 1. The monoisotopic (exact) mass is 388 g/mol. The Morgan fingerprint density at radius 1 is 1.13 bits per heavy atom. The number of amides is 1. The number of nitrogens with one attached hydrogen (secondary N) is 1. The molecule has 3 aromatic rings. The molecule has 0 fully saturated rings. The second kappa shape index (κ2) is 6.30. The van der Waals surface area contributed by atoms with Crippen LogP contribution in [0, 0.1) is 13.8 Å². The molecule has 0 atom stereocenters. The summed E-state index contributed by atoms with van der Waals surface area (Å²) in [6, 6.07) is 13.3. The van der Waals surface area contributed by atoms with Crippen LogP contribution in [0.4, 0.5) is 5.69 Å². The van der Waals surface area contributed by atoms with Crippen molar-refractivity contribution in [3.05, 3.63) is 68.8 Å². The predicted molar refractivity (Wildman–Crippen MR) is 98.3 cm³/mol. The molecule has 116 valence electrons. The SMILES string of the molecule is Cc1ccc(NC(=O)c2c(C)c(Cl)nc3ccc(Br)cc23)cc1. The topological polar surface area (TPSA) is 42.0 Å². The van der Waals surface area contributed by atoms with E-state index in [4.69, 9.17) is 11.6 Å². The summed E-state index contributed by atoms with van der Waals surface area (Å²) in [6.45, 7) is 3.81. The minimum Gasteiger partial charge on any atom is -0.322 e. The van der Waals surface area contributed by atoms with Crippen molar-refractivity contribution in [3.8, 4) is 0 Å². The van der Waals surface area contributed by atoms with Crippen molar-refractivity contribution in [1.82, 2.24) is 4.98 Å². The minimum atomic E-state index is -0.196. The highest BCUT2D eigenvalue weighted by Gasteiger charge is 2.17. The fourth-order valence-electron chi connectivity index (χ4n) is 2.42. The number of pyridine rings is 1. The Bertz CT molecular complexity index is 907. The maximum atomic E-state index is 12.8. The van der Waals surface area contributed by atoms with Gasteiger partial charge in [0.2, 0.25) is 0 Å². The molecule has 0 aliphatic carbocycles. The molecule has 1 N–H and O–H groups in total. The molecule has 2 aromatic carbocycles. The molecule has 1 amide bonds. The van der Waals surface area contributed by atoms with Crippen LogP contribution in [0.25, 0.3) is 10.9 Å². The molecule has 0 aliphatic heterocycles. The van der Waals surface area contributed by atoms with Gasteiger partial charge >= 0.3 is 0 Å². The highest BCUT2D eigenvalue weighted by atomic mass is 79.9. The molecule has 0 spiro atoms. The number of benzene rings is 2. The van der Waals surface area contributed by atoms with E-state index in [1.165, 1.54) is 0 Å². The molecule has 3 nitrogen and oxygen atoms in total. The van der Waals surface area contributed by atoms with Gasteiger partial charge in [-0.3, -0.25) is 4.79 Å². The molecule has 0 radical (unpaired) electrons. The molecular formula is C18H14BrClN2O. The molecule has 23 heavy (non-hydrogen) atoms. The molecule has 0 aliphatic rings. The number of anilines is 1. The average molecular weight is 390 g/mol. The van der Waals surface area contributed by atoms with Gasteiger partial charge in [-0.15, -0.1) is 0 Å². The van der Waals surface area contributed by atoms with E-state index in [9.17, 15) is 4.79 Å². The Kier molecular flexibility index (Phi) is 4.37. The van der Waals surface area contributed by atoms with Gasteiger partial charge in [0, 0.05) is 15.5 Å². The van der Waals surface area contributed by atoms with Crippen molar-refractivity contribution < 1.29 is 4.79 Å². The number of aryl methyl sites for hydroxylation is 1. The van der Waals surface area contributed by atoms with E-state index in [1.54, 1.807) is 6.92 Å². The number of carbonyl (C=O) groups is 1. The second-order valence-corrected chi connectivity index (χ2v) is 6.66. The Labute approximate surface area is 147 Å². The van der Waals surface area contributed by atoms with Crippen molar-refractivity contribution in [3.63, 3.8) is 0 Å². The number of halogens is 2. The first kappa shape index (κ1) is 16.0. The zero-order valence-corrected chi connectivity index (χ0v) is 15.0. The number of nitrogens with zero attached hydrogens (tertiary/aromatic N) is 1. The van der Waals surface area contributed by atoms with E-state index in [-0.39, 0.29) is 5.91 Å². The number of carbonyl (C=O) groups excluding carboxylic acids is 1. The lowest BCUT2D eigenvalue weighted by molar-refractivity contribution is 0.102. The lowest BCUT2D eigenvalue weighted by Gasteiger charge is -2.12. The van der Waals surface area contributed by atoms with Crippen molar-refractivity contribution in [2.45, 2.75) is 13.8 Å². The molecule has 0 bridgehead atoms. The first-order chi connectivity index (χ1) is 11.0. The van der Waals surface area contributed by atoms with Crippen LogP contribution in [0.2, 0.25) is 5.15 Å². The van der Waals surface area contributed by atoms with Gasteiger partial charge in [-0.1, -0.05) is 45.2 Å². The Morgan fingerprint density at radius 2 is 1.83 bits per heavy atom. The second-order valence-electron chi connectivity index (χ2n) is 5.38. The summed E-state index contributed by atoms with van der Waals surface area (Å²) in [6.07, 6.45) is 0. The van der Waals surface area contributed by atoms with Crippen LogP contribution < -0.4 is 5.32 Å². The van der Waals surface area contributed by atoms with E-state index in [2.05, 4.69) is 26.2 Å². The van der Waals surface area contributed by atoms with E-state index in [0.717, 1.165) is 21.1 Å². The van der Waals surface area contributed by atoms with Gasteiger partial charge in [0.15, 0.2) is 0 Å². The van der Waals surface area contributed by atoms with Crippen molar-refractivity contribution in [2.24, 2.45) is 0 Å². The molecule has 5 heteroatoms. The molecule has 1 aromatic heterocycles. The molecule has 0 saturated carbocycles. The van der Waals surface area contributed by atoms with Gasteiger partial charge in [-0.25, -0.2) is 4.98 Å². The summed E-state index contributed by atoms with van der Waals surface area (Å²) in [7, 11) is 0. The van der Waals surface area contributed by atoms with E-state index in [1.807, 2.05) is 49.4 Å². The maximum Gasteiger partial charge on any atom is 0.256 e. The van der Waals surface area contributed by atoms with Crippen LogP contribution in [-0.4, -0.2) is 10.9 Å². The third-order valence-corrected chi connectivity index (χ3v) is 4.53. The lowest BCUT2D eigenvalue weighted by Crippen LogP contribution is -2.14. The Hall–Kier alpha value is -1.91. The molecule has 0 saturated heterocycles. The van der Waals surface area contributed by atoms with Crippen molar-refractivity contribution in [1.29, 1.82) is 0 Å². The third kappa shape index (κ3) is 3.23. The number of hydrogen-bond acceptors (Lipinski definition) is 2. The molecule has 3 rings (SSSR count). The lowest BCUT2D eigenvalue weighted by atomic mass is 10.0. The van der Waals surface area contributed by atoms with E-state index in [0.29, 0.717) is 21.8 Å². The zero-order chi connectivity index (χ0) is 16.6. The predicted octanol–water partition coefficient (Wildman–Crippen LogP) is 5.52. The van der Waals surface area contributed by atoms with Gasteiger partial charge in [-0.2, -0.15) is 0 Å². The standard InChI is InChI=1S/C18H14BrClN2O/c1-10-3-6-13(7-4-10)21-18(23)16-11(2)17(20)22-15-8-5-12(19)9-14(15)16/h3-9H,1-2H3,(H,21,23). The summed E-state index contributed by atoms with van der Waals surface area (Å²) in [5.41, 5.74) is 3.79. The first-order valence-corrected chi connectivity index (χ1v) is 8.26. The summed E-state index contributed by atoms with van der Waals surface area (Å²) in [5, 5.41) is 4.04. The summed E-state index contributed by atoms with van der Waals surface area (Å²) < 4.78 is 0.887. The number of aromatic nitrogens is 1. The molecule has 1 heterocycles. The summed E-state index contributed by atoms with van der Waals surface area (Å²) >= 11 is 9.64. The van der Waals surface area contributed by atoms with Crippen LogP contribution in [0.3, 0.4) is 0 Å². The molecular weight excluding hydrogens is 376 g/mol.